The molecule has 0 spiro atoms. The van der Waals surface area contributed by atoms with E-state index in [2.05, 4.69) is 9.88 Å². The van der Waals surface area contributed by atoms with Crippen LogP contribution >= 0.6 is 0 Å². The van der Waals surface area contributed by atoms with Crippen LogP contribution in [0.1, 0.15) is 28.1 Å². The zero-order valence-electron chi connectivity index (χ0n) is 17.7. The number of benzene rings is 2. The van der Waals surface area contributed by atoms with Gasteiger partial charge in [-0.1, -0.05) is 48.0 Å². The third kappa shape index (κ3) is 3.92. The van der Waals surface area contributed by atoms with Gasteiger partial charge < -0.3 is 4.57 Å². The number of carbonyl (C=O) groups is 3. The molecule has 1 N–H and O–H groups in total. The van der Waals surface area contributed by atoms with Gasteiger partial charge in [0.15, 0.2) is 0 Å². The first-order valence-corrected chi connectivity index (χ1v) is 10.0. The average molecular weight is 413 g/mol. The zero-order valence-corrected chi connectivity index (χ0v) is 17.7. The number of hydrogen-bond acceptors (Lipinski definition) is 3. The van der Waals surface area contributed by atoms with Crippen molar-refractivity contribution in [2.75, 3.05) is 0 Å². The van der Waals surface area contributed by atoms with E-state index in [0.717, 1.165) is 33.1 Å². The number of amides is 4. The number of carbonyl (C=O) groups excluding carboxylic acids is 3. The Bertz CT molecular complexity index is 1200. The van der Waals surface area contributed by atoms with E-state index < -0.39 is 17.8 Å². The third-order valence-corrected chi connectivity index (χ3v) is 5.43. The lowest BCUT2D eigenvalue weighted by Gasteiger charge is -2.26. The standard InChI is InChI=1S/C25H23N3O3/c1-16-9-11-21(12-10-16)28-17(2)13-20(18(28)3)14-22-23(29)26-25(31)27(24(22)30)15-19-7-5-4-6-8-19/h4-14H,15H2,1-3H3,(H,26,29,31). The summed E-state index contributed by atoms with van der Waals surface area (Å²) in [7, 11) is 0. The van der Waals surface area contributed by atoms with Crippen molar-refractivity contribution in [2.24, 2.45) is 0 Å². The predicted molar refractivity (Wildman–Crippen MR) is 118 cm³/mol. The predicted octanol–water partition coefficient (Wildman–Crippen LogP) is 4.06. The fourth-order valence-electron chi connectivity index (χ4n) is 3.78. The number of urea groups is 1. The van der Waals surface area contributed by atoms with Gasteiger partial charge in [0.1, 0.15) is 5.57 Å². The number of nitrogens with one attached hydrogen (secondary N) is 1. The Morgan fingerprint density at radius 1 is 0.903 bits per heavy atom. The maximum Gasteiger partial charge on any atom is 0.331 e. The molecule has 1 aliphatic heterocycles. The summed E-state index contributed by atoms with van der Waals surface area (Å²) in [6, 6.07) is 18.6. The minimum Gasteiger partial charge on any atom is -0.318 e. The number of aromatic nitrogens is 1. The smallest absolute Gasteiger partial charge is 0.318 e. The number of nitrogens with zero attached hydrogens (tertiary/aromatic N) is 2. The van der Waals surface area contributed by atoms with Crippen LogP contribution in [-0.4, -0.2) is 27.3 Å². The molecule has 0 aliphatic carbocycles. The summed E-state index contributed by atoms with van der Waals surface area (Å²) in [5, 5.41) is 2.28. The maximum atomic E-state index is 13.0. The molecular formula is C25H23N3O3. The fourth-order valence-corrected chi connectivity index (χ4v) is 3.78. The maximum absolute atomic E-state index is 13.0. The van der Waals surface area contributed by atoms with Crippen molar-refractivity contribution in [3.05, 3.63) is 94.3 Å². The summed E-state index contributed by atoms with van der Waals surface area (Å²) in [5.41, 5.74) is 5.56. The second-order valence-corrected chi connectivity index (χ2v) is 7.69. The van der Waals surface area contributed by atoms with E-state index in [1.54, 1.807) is 6.08 Å². The molecular weight excluding hydrogens is 390 g/mol. The van der Waals surface area contributed by atoms with Crippen LogP contribution in [0.5, 0.6) is 0 Å². The van der Waals surface area contributed by atoms with Crippen LogP contribution in [0.15, 0.2) is 66.2 Å². The molecule has 3 aromatic rings. The van der Waals surface area contributed by atoms with Crippen molar-refractivity contribution in [1.82, 2.24) is 14.8 Å². The molecule has 0 saturated carbocycles. The monoisotopic (exact) mass is 413 g/mol. The van der Waals surface area contributed by atoms with Crippen molar-refractivity contribution in [1.29, 1.82) is 0 Å². The van der Waals surface area contributed by atoms with Gasteiger partial charge in [-0.25, -0.2) is 4.79 Å². The van der Waals surface area contributed by atoms with Gasteiger partial charge in [0.2, 0.25) is 0 Å². The highest BCUT2D eigenvalue weighted by Gasteiger charge is 2.35. The highest BCUT2D eigenvalue weighted by atomic mass is 16.2. The van der Waals surface area contributed by atoms with Crippen LogP contribution in [0, 0.1) is 20.8 Å². The first-order valence-electron chi connectivity index (χ1n) is 10.0. The van der Waals surface area contributed by atoms with Crippen LogP contribution in [0.3, 0.4) is 0 Å². The Kier molecular flexibility index (Phi) is 5.29. The Labute approximate surface area is 180 Å². The van der Waals surface area contributed by atoms with Gasteiger partial charge in [-0.3, -0.25) is 19.8 Å². The molecule has 0 bridgehead atoms. The molecule has 1 fully saturated rings. The zero-order chi connectivity index (χ0) is 22.1. The van der Waals surface area contributed by atoms with Crippen molar-refractivity contribution in [3.8, 4) is 5.69 Å². The molecule has 6 nitrogen and oxygen atoms in total. The molecule has 4 amide bonds. The number of aryl methyl sites for hydroxylation is 2. The molecule has 6 heteroatoms. The van der Waals surface area contributed by atoms with Gasteiger partial charge in [-0.2, -0.15) is 0 Å². The van der Waals surface area contributed by atoms with Gasteiger partial charge in [0.05, 0.1) is 6.54 Å². The van der Waals surface area contributed by atoms with Crippen LogP contribution in [0.4, 0.5) is 4.79 Å². The lowest BCUT2D eigenvalue weighted by Crippen LogP contribution is -2.53. The fraction of sp³-hybridized carbons (Fsp3) is 0.160. The summed E-state index contributed by atoms with van der Waals surface area (Å²) in [6.45, 7) is 6.05. The molecule has 31 heavy (non-hydrogen) atoms. The normalized spacial score (nSPS) is 15.5. The Morgan fingerprint density at radius 3 is 2.26 bits per heavy atom. The van der Waals surface area contributed by atoms with Gasteiger partial charge in [-0.05, 0) is 56.2 Å². The third-order valence-electron chi connectivity index (χ3n) is 5.43. The summed E-state index contributed by atoms with van der Waals surface area (Å²) >= 11 is 0. The lowest BCUT2D eigenvalue weighted by molar-refractivity contribution is -0.130. The number of barbiturate groups is 1. The van der Waals surface area contributed by atoms with Crippen LogP contribution in [-0.2, 0) is 16.1 Å². The molecule has 1 saturated heterocycles. The van der Waals surface area contributed by atoms with E-state index in [0.29, 0.717) is 0 Å². The quantitative estimate of drug-likeness (QED) is 0.518. The van der Waals surface area contributed by atoms with Crippen molar-refractivity contribution in [3.63, 3.8) is 0 Å². The van der Waals surface area contributed by atoms with Crippen LogP contribution in [0.25, 0.3) is 11.8 Å². The van der Waals surface area contributed by atoms with Crippen molar-refractivity contribution < 1.29 is 14.4 Å². The Balaban J connectivity index is 1.69. The van der Waals surface area contributed by atoms with Crippen LogP contribution < -0.4 is 5.32 Å². The minimum absolute atomic E-state index is 0.0558. The molecule has 1 aliphatic rings. The van der Waals surface area contributed by atoms with Gasteiger partial charge >= 0.3 is 6.03 Å². The lowest BCUT2D eigenvalue weighted by atomic mass is 10.1. The minimum atomic E-state index is -0.707. The van der Waals surface area contributed by atoms with E-state index in [-0.39, 0.29) is 12.1 Å². The first kappa shape index (κ1) is 20.3. The molecule has 4 rings (SSSR count). The van der Waals surface area contributed by atoms with Crippen molar-refractivity contribution >= 4 is 23.9 Å². The topological polar surface area (TPSA) is 71.4 Å². The van der Waals surface area contributed by atoms with E-state index in [1.165, 1.54) is 5.56 Å². The van der Waals surface area contributed by atoms with Gasteiger partial charge in [-0.15, -0.1) is 0 Å². The van der Waals surface area contributed by atoms with E-state index in [9.17, 15) is 14.4 Å². The molecule has 2 heterocycles. The SMILES string of the molecule is Cc1ccc(-n2c(C)cc(C=C3C(=O)NC(=O)N(Cc4ccccc4)C3=O)c2C)cc1. The first-order chi connectivity index (χ1) is 14.8. The summed E-state index contributed by atoms with van der Waals surface area (Å²) < 4.78 is 2.07. The van der Waals surface area contributed by atoms with E-state index in [1.807, 2.05) is 81.4 Å². The van der Waals surface area contributed by atoms with Gasteiger partial charge in [0, 0.05) is 17.1 Å². The largest absolute Gasteiger partial charge is 0.331 e. The summed E-state index contributed by atoms with van der Waals surface area (Å²) in [6.07, 6.45) is 1.56. The molecule has 0 radical (unpaired) electrons. The second-order valence-electron chi connectivity index (χ2n) is 7.69. The molecule has 1 aromatic heterocycles. The number of hydrogen-bond donors (Lipinski definition) is 1. The van der Waals surface area contributed by atoms with E-state index >= 15 is 0 Å². The highest BCUT2D eigenvalue weighted by molar-refractivity contribution is 6.31. The molecule has 156 valence electrons. The average Bonchev–Trinajstić information content (AvgIpc) is 3.03. The number of rotatable bonds is 4. The molecule has 0 atom stereocenters. The number of imide groups is 2. The van der Waals surface area contributed by atoms with Crippen LogP contribution in [0.2, 0.25) is 0 Å². The van der Waals surface area contributed by atoms with E-state index in [4.69, 9.17) is 0 Å². The Hall–Kier alpha value is -3.93. The molecule has 0 unspecified atom stereocenters. The highest BCUT2D eigenvalue weighted by Crippen LogP contribution is 2.25. The Morgan fingerprint density at radius 2 is 1.58 bits per heavy atom. The summed E-state index contributed by atoms with van der Waals surface area (Å²) in [5.74, 6) is -1.28. The van der Waals surface area contributed by atoms with Gasteiger partial charge in [0.25, 0.3) is 11.8 Å². The summed E-state index contributed by atoms with van der Waals surface area (Å²) in [4.78, 5) is 38.9. The second kappa shape index (κ2) is 8.07. The van der Waals surface area contributed by atoms with Crippen molar-refractivity contribution in [2.45, 2.75) is 27.3 Å². The molecule has 2 aromatic carbocycles.